The Bertz CT molecular complexity index is 1270. The minimum Gasteiger partial charge on any atom is -0.507 e. The van der Waals surface area contributed by atoms with Crippen LogP contribution >= 0.6 is 15.9 Å². The van der Waals surface area contributed by atoms with Crippen molar-refractivity contribution in [3.8, 4) is 0 Å². The van der Waals surface area contributed by atoms with Crippen LogP contribution in [0.1, 0.15) is 69.0 Å². The minimum atomic E-state index is -0.845. The van der Waals surface area contributed by atoms with E-state index < -0.39 is 17.7 Å². The number of carbonyl (C=O) groups is 2. The first-order chi connectivity index (χ1) is 16.0. The van der Waals surface area contributed by atoms with Crippen molar-refractivity contribution in [2.75, 3.05) is 4.90 Å². The number of benzene rings is 2. The second-order valence-corrected chi connectivity index (χ2v) is 10.7. The molecule has 34 heavy (non-hydrogen) atoms. The Kier molecular flexibility index (Phi) is 6.25. The summed E-state index contributed by atoms with van der Waals surface area (Å²) in [5, 5.41) is 15.3. The zero-order valence-electron chi connectivity index (χ0n) is 19.8. The van der Waals surface area contributed by atoms with Crippen molar-refractivity contribution in [1.29, 1.82) is 0 Å². The fraction of sp³-hybridized carbons (Fsp3) is 0.296. The predicted octanol–water partition coefficient (Wildman–Crippen LogP) is 6.48. The third-order valence-electron chi connectivity index (χ3n) is 5.96. The van der Waals surface area contributed by atoms with Crippen molar-refractivity contribution in [2.45, 2.75) is 52.0 Å². The first kappa shape index (κ1) is 24.0. The standard InChI is InChI=1S/C27H27BrN2O4/c1-15(2)16-6-8-17(9-7-16)23-22(24(31)18-10-12-19(28)13-11-18)25(32)26(33)30(23)21-14-20(34-29-21)27(3,4)5/h6-15,23,31H,1-5H3/t23-/m1/s1. The van der Waals surface area contributed by atoms with Gasteiger partial charge in [0.1, 0.15) is 11.5 Å². The third kappa shape index (κ3) is 4.32. The summed E-state index contributed by atoms with van der Waals surface area (Å²) in [6.07, 6.45) is 0. The minimum absolute atomic E-state index is 0.0185. The van der Waals surface area contributed by atoms with Gasteiger partial charge in [-0.25, -0.2) is 0 Å². The number of hydrogen-bond donors (Lipinski definition) is 1. The molecule has 3 aromatic rings. The smallest absolute Gasteiger partial charge is 0.301 e. The number of carbonyl (C=O) groups excluding carboxylic acids is 2. The monoisotopic (exact) mass is 522 g/mol. The normalized spacial score (nSPS) is 18.2. The van der Waals surface area contributed by atoms with Crippen LogP contribution in [0.2, 0.25) is 0 Å². The van der Waals surface area contributed by atoms with Crippen LogP contribution in [0.15, 0.2) is 69.2 Å². The third-order valence-corrected chi connectivity index (χ3v) is 6.49. The lowest BCUT2D eigenvalue weighted by atomic mass is 9.92. The van der Waals surface area contributed by atoms with Gasteiger partial charge in [-0.1, -0.05) is 92.1 Å². The van der Waals surface area contributed by atoms with Gasteiger partial charge in [0.05, 0.1) is 11.6 Å². The molecule has 0 unspecified atom stereocenters. The molecular weight excluding hydrogens is 496 g/mol. The van der Waals surface area contributed by atoms with Gasteiger partial charge in [0.15, 0.2) is 5.82 Å². The summed E-state index contributed by atoms with van der Waals surface area (Å²) in [6, 6.07) is 15.5. The molecule has 0 saturated carbocycles. The number of hydrogen-bond acceptors (Lipinski definition) is 5. The Balaban J connectivity index is 1.91. The fourth-order valence-electron chi connectivity index (χ4n) is 3.94. The van der Waals surface area contributed by atoms with Gasteiger partial charge < -0.3 is 9.63 Å². The van der Waals surface area contributed by atoms with Gasteiger partial charge in [-0.05, 0) is 29.2 Å². The molecule has 6 nitrogen and oxygen atoms in total. The highest BCUT2D eigenvalue weighted by Crippen LogP contribution is 2.43. The van der Waals surface area contributed by atoms with Crippen molar-refractivity contribution in [2.24, 2.45) is 0 Å². The highest BCUT2D eigenvalue weighted by atomic mass is 79.9. The van der Waals surface area contributed by atoms with Crippen LogP contribution in [-0.4, -0.2) is 22.0 Å². The van der Waals surface area contributed by atoms with E-state index in [4.69, 9.17) is 4.52 Å². The molecule has 1 saturated heterocycles. The number of ketones is 1. The Morgan fingerprint density at radius 2 is 1.68 bits per heavy atom. The molecule has 1 amide bonds. The summed E-state index contributed by atoms with van der Waals surface area (Å²) in [5.41, 5.74) is 1.96. The number of aliphatic hydroxyl groups excluding tert-OH is 1. The van der Waals surface area contributed by atoms with E-state index >= 15 is 0 Å². The summed E-state index contributed by atoms with van der Waals surface area (Å²) >= 11 is 3.38. The van der Waals surface area contributed by atoms with Gasteiger partial charge >= 0.3 is 5.91 Å². The maximum absolute atomic E-state index is 13.3. The quantitative estimate of drug-likeness (QED) is 0.240. The summed E-state index contributed by atoms with van der Waals surface area (Å²) < 4.78 is 6.35. The van der Waals surface area contributed by atoms with Gasteiger partial charge in [-0.15, -0.1) is 0 Å². The number of aliphatic hydroxyl groups is 1. The average molecular weight is 523 g/mol. The number of rotatable bonds is 4. The van der Waals surface area contributed by atoms with E-state index in [2.05, 4.69) is 34.9 Å². The zero-order valence-corrected chi connectivity index (χ0v) is 21.4. The second kappa shape index (κ2) is 8.87. The summed E-state index contributed by atoms with van der Waals surface area (Å²) in [6.45, 7) is 10.1. The van der Waals surface area contributed by atoms with Gasteiger partial charge in [0.2, 0.25) is 0 Å². The molecule has 0 spiro atoms. The fourth-order valence-corrected chi connectivity index (χ4v) is 4.21. The van der Waals surface area contributed by atoms with Crippen LogP contribution in [0.3, 0.4) is 0 Å². The number of amides is 1. The molecule has 0 bridgehead atoms. The molecule has 0 radical (unpaired) electrons. The molecule has 1 atom stereocenters. The van der Waals surface area contributed by atoms with E-state index in [0.29, 0.717) is 22.8 Å². The maximum Gasteiger partial charge on any atom is 0.301 e. The second-order valence-electron chi connectivity index (χ2n) is 9.80. The van der Waals surface area contributed by atoms with Crippen molar-refractivity contribution in [3.63, 3.8) is 0 Å². The van der Waals surface area contributed by atoms with Crippen molar-refractivity contribution in [1.82, 2.24) is 5.16 Å². The Morgan fingerprint density at radius 3 is 2.21 bits per heavy atom. The molecular formula is C27H27BrN2O4. The van der Waals surface area contributed by atoms with Crippen LogP contribution in [0.5, 0.6) is 0 Å². The van der Waals surface area contributed by atoms with E-state index in [0.717, 1.165) is 10.0 Å². The number of anilines is 1. The molecule has 7 heteroatoms. The predicted molar refractivity (Wildman–Crippen MR) is 135 cm³/mol. The largest absolute Gasteiger partial charge is 0.507 e. The molecule has 2 heterocycles. The Morgan fingerprint density at radius 1 is 1.06 bits per heavy atom. The maximum atomic E-state index is 13.3. The van der Waals surface area contributed by atoms with Crippen LogP contribution in [0.4, 0.5) is 5.82 Å². The summed E-state index contributed by atoms with van der Waals surface area (Å²) in [4.78, 5) is 27.8. The Hall–Kier alpha value is -3.19. The summed E-state index contributed by atoms with van der Waals surface area (Å²) in [5.74, 6) is -0.603. The van der Waals surface area contributed by atoms with Crippen LogP contribution < -0.4 is 4.90 Å². The lowest BCUT2D eigenvalue weighted by Crippen LogP contribution is -2.29. The molecule has 1 aliphatic heterocycles. The molecule has 1 aliphatic rings. The van der Waals surface area contributed by atoms with Gasteiger partial charge in [0.25, 0.3) is 5.78 Å². The van der Waals surface area contributed by atoms with E-state index in [1.165, 1.54) is 4.90 Å². The lowest BCUT2D eigenvalue weighted by molar-refractivity contribution is -0.132. The molecule has 1 N–H and O–H groups in total. The van der Waals surface area contributed by atoms with E-state index in [9.17, 15) is 14.7 Å². The van der Waals surface area contributed by atoms with Gasteiger partial charge in [0, 0.05) is 21.5 Å². The SMILES string of the molecule is CC(C)c1ccc([C@@H]2C(=C(O)c3ccc(Br)cc3)C(=O)C(=O)N2c2cc(C(C)(C)C)on2)cc1. The summed E-state index contributed by atoms with van der Waals surface area (Å²) in [7, 11) is 0. The van der Waals surface area contributed by atoms with Crippen LogP contribution in [0, 0.1) is 0 Å². The topological polar surface area (TPSA) is 83.6 Å². The van der Waals surface area contributed by atoms with E-state index in [1.54, 1.807) is 30.3 Å². The van der Waals surface area contributed by atoms with E-state index in [1.807, 2.05) is 45.0 Å². The number of nitrogens with zero attached hydrogens (tertiary/aromatic N) is 2. The van der Waals surface area contributed by atoms with Crippen molar-refractivity contribution in [3.05, 3.63) is 87.1 Å². The Labute approximate surface area is 207 Å². The van der Waals surface area contributed by atoms with Crippen molar-refractivity contribution < 1.29 is 19.2 Å². The first-order valence-electron chi connectivity index (χ1n) is 11.1. The average Bonchev–Trinajstić information content (AvgIpc) is 3.37. The molecule has 1 aromatic heterocycles. The first-order valence-corrected chi connectivity index (χ1v) is 11.9. The molecule has 176 valence electrons. The lowest BCUT2D eigenvalue weighted by Gasteiger charge is -2.23. The van der Waals surface area contributed by atoms with Crippen LogP contribution in [0.25, 0.3) is 5.76 Å². The highest BCUT2D eigenvalue weighted by molar-refractivity contribution is 9.10. The molecule has 2 aromatic carbocycles. The number of Topliss-reactive ketones (excluding diaryl/α,β-unsaturated/α-hetero) is 1. The number of halogens is 1. The van der Waals surface area contributed by atoms with E-state index in [-0.39, 0.29) is 22.6 Å². The van der Waals surface area contributed by atoms with Gasteiger partial charge in [-0.3, -0.25) is 14.5 Å². The highest BCUT2D eigenvalue weighted by Gasteiger charge is 2.48. The molecule has 4 rings (SSSR count). The molecule has 0 aliphatic carbocycles. The van der Waals surface area contributed by atoms with Crippen LogP contribution in [-0.2, 0) is 15.0 Å². The van der Waals surface area contributed by atoms with Crippen molar-refractivity contribution >= 4 is 39.2 Å². The number of aromatic nitrogens is 1. The van der Waals surface area contributed by atoms with Gasteiger partial charge in [-0.2, -0.15) is 0 Å². The molecule has 1 fully saturated rings. The zero-order chi connectivity index (χ0) is 24.8.